The van der Waals surface area contributed by atoms with E-state index in [4.69, 9.17) is 9.47 Å². The van der Waals surface area contributed by atoms with Crippen LogP contribution in [0.2, 0.25) is 0 Å². The zero-order chi connectivity index (χ0) is 41.4. The predicted octanol–water partition coefficient (Wildman–Crippen LogP) is 17.0. The van der Waals surface area contributed by atoms with Crippen molar-refractivity contribution >= 4 is 11.9 Å². The van der Waals surface area contributed by atoms with Crippen LogP contribution in [0.15, 0.2) is 0 Å². The van der Waals surface area contributed by atoms with Gasteiger partial charge in [0.05, 0.1) is 6.61 Å². The molecule has 1 N–H and O–H groups in total. The molecular weight excluding hydrogens is 705 g/mol. The van der Waals surface area contributed by atoms with Crippen molar-refractivity contribution in [3.05, 3.63) is 0 Å². The molecule has 0 aromatic heterocycles. The number of aliphatic hydroxyl groups is 1. The van der Waals surface area contributed by atoms with Crippen molar-refractivity contribution in [3.63, 3.8) is 0 Å². The van der Waals surface area contributed by atoms with E-state index in [1.54, 1.807) is 0 Å². The van der Waals surface area contributed by atoms with Crippen LogP contribution in [0, 0.1) is 0 Å². The monoisotopic (exact) mass is 807 g/mol. The Morgan fingerprint density at radius 1 is 0.333 bits per heavy atom. The second-order valence-electron chi connectivity index (χ2n) is 18.0. The Kier molecular flexibility index (Phi) is 48.3. The van der Waals surface area contributed by atoms with Crippen molar-refractivity contribution in [2.45, 2.75) is 309 Å². The summed E-state index contributed by atoms with van der Waals surface area (Å²) in [5.74, 6) is -0.570. The number of hydrogen-bond donors (Lipinski definition) is 1. The van der Waals surface area contributed by atoms with Gasteiger partial charge < -0.3 is 14.6 Å². The molecule has 0 aromatic rings. The highest BCUT2D eigenvalue weighted by Crippen LogP contribution is 2.18. The van der Waals surface area contributed by atoms with Crippen LogP contribution >= 0.6 is 0 Å². The van der Waals surface area contributed by atoms with Gasteiger partial charge in [0.25, 0.3) is 0 Å². The minimum atomic E-state index is -0.762. The Morgan fingerprint density at radius 3 is 0.772 bits per heavy atom. The summed E-state index contributed by atoms with van der Waals surface area (Å²) in [5, 5.41) is 9.60. The van der Waals surface area contributed by atoms with Crippen LogP contribution in [0.1, 0.15) is 303 Å². The molecule has 0 fully saturated rings. The van der Waals surface area contributed by atoms with E-state index in [1.165, 1.54) is 244 Å². The molecule has 0 aromatic carbocycles. The van der Waals surface area contributed by atoms with Crippen LogP contribution < -0.4 is 0 Å². The van der Waals surface area contributed by atoms with E-state index in [9.17, 15) is 14.7 Å². The molecule has 0 spiro atoms. The standard InChI is InChI=1S/C52H102O5/c1-3-5-7-9-11-13-15-17-18-19-20-21-22-23-24-25-26-27-28-29-30-31-32-33-34-35-37-39-41-43-45-47-52(55)57-50(48-53)49-56-51(54)46-44-42-40-38-36-16-14-12-10-8-6-4-2/h50,53H,3-49H2,1-2H3. The van der Waals surface area contributed by atoms with E-state index in [0.717, 1.165) is 32.1 Å². The van der Waals surface area contributed by atoms with Crippen molar-refractivity contribution in [2.75, 3.05) is 13.2 Å². The molecule has 340 valence electrons. The van der Waals surface area contributed by atoms with Gasteiger partial charge in [-0.05, 0) is 12.8 Å². The second kappa shape index (κ2) is 49.3. The first-order chi connectivity index (χ1) is 28.1. The van der Waals surface area contributed by atoms with Gasteiger partial charge in [-0.2, -0.15) is 0 Å². The van der Waals surface area contributed by atoms with Crippen molar-refractivity contribution in [1.29, 1.82) is 0 Å². The minimum Gasteiger partial charge on any atom is -0.462 e. The molecule has 0 amide bonds. The highest BCUT2D eigenvalue weighted by atomic mass is 16.6. The van der Waals surface area contributed by atoms with Gasteiger partial charge in [0, 0.05) is 12.8 Å². The summed E-state index contributed by atoms with van der Waals surface area (Å²) in [7, 11) is 0. The molecule has 0 radical (unpaired) electrons. The Morgan fingerprint density at radius 2 is 0.544 bits per heavy atom. The first-order valence-electron chi connectivity index (χ1n) is 26.1. The lowest BCUT2D eigenvalue weighted by Crippen LogP contribution is -2.28. The number of carbonyl (C=O) groups is 2. The smallest absolute Gasteiger partial charge is 0.306 e. The third-order valence-electron chi connectivity index (χ3n) is 12.2. The highest BCUT2D eigenvalue weighted by molar-refractivity contribution is 5.70. The summed E-state index contributed by atoms with van der Waals surface area (Å²) in [6, 6.07) is 0. The quantitative estimate of drug-likeness (QED) is 0.0490. The maximum absolute atomic E-state index is 12.2. The normalized spacial score (nSPS) is 12.0. The third kappa shape index (κ3) is 47.5. The summed E-state index contributed by atoms with van der Waals surface area (Å²) >= 11 is 0. The van der Waals surface area contributed by atoms with Crippen LogP contribution in [-0.4, -0.2) is 36.4 Å². The van der Waals surface area contributed by atoms with E-state index in [1.807, 2.05) is 0 Å². The molecule has 0 bridgehead atoms. The molecule has 5 nitrogen and oxygen atoms in total. The molecule has 0 rings (SSSR count). The van der Waals surface area contributed by atoms with Gasteiger partial charge in [-0.3, -0.25) is 9.59 Å². The number of rotatable bonds is 49. The zero-order valence-electron chi connectivity index (χ0n) is 38.9. The average Bonchev–Trinajstić information content (AvgIpc) is 3.21. The topological polar surface area (TPSA) is 72.8 Å². The Hall–Kier alpha value is -1.10. The maximum Gasteiger partial charge on any atom is 0.306 e. The summed E-state index contributed by atoms with van der Waals surface area (Å²) in [6.45, 7) is 4.18. The lowest BCUT2D eigenvalue weighted by atomic mass is 10.0. The molecular formula is C52H102O5. The lowest BCUT2D eigenvalue weighted by Gasteiger charge is -2.15. The molecule has 0 aliphatic carbocycles. The Bertz CT molecular complexity index is 784. The van der Waals surface area contributed by atoms with E-state index in [-0.39, 0.29) is 25.2 Å². The first kappa shape index (κ1) is 55.9. The summed E-state index contributed by atoms with van der Waals surface area (Å²) in [4.78, 5) is 24.3. The number of unbranched alkanes of at least 4 members (excludes halogenated alkanes) is 41. The average molecular weight is 807 g/mol. The van der Waals surface area contributed by atoms with Crippen molar-refractivity contribution in [2.24, 2.45) is 0 Å². The number of hydrogen-bond acceptors (Lipinski definition) is 5. The van der Waals surface area contributed by atoms with Crippen molar-refractivity contribution in [3.8, 4) is 0 Å². The van der Waals surface area contributed by atoms with Crippen LogP contribution in [0.3, 0.4) is 0 Å². The summed E-state index contributed by atoms with van der Waals surface area (Å²) < 4.78 is 10.7. The van der Waals surface area contributed by atoms with Gasteiger partial charge >= 0.3 is 11.9 Å². The van der Waals surface area contributed by atoms with Crippen molar-refractivity contribution < 1.29 is 24.2 Å². The first-order valence-corrected chi connectivity index (χ1v) is 26.1. The molecule has 0 saturated carbocycles. The number of ether oxygens (including phenoxy) is 2. The Labute approximate surface area is 357 Å². The van der Waals surface area contributed by atoms with Crippen LogP contribution in [-0.2, 0) is 19.1 Å². The van der Waals surface area contributed by atoms with E-state index in [0.29, 0.717) is 12.8 Å². The number of esters is 2. The van der Waals surface area contributed by atoms with Gasteiger partial charge in [0.2, 0.25) is 0 Å². The zero-order valence-corrected chi connectivity index (χ0v) is 38.9. The summed E-state index contributed by atoms with van der Waals surface area (Å²) in [5.41, 5.74) is 0. The SMILES string of the molecule is CCCCCCCCCCCCCCCCCCCCCCCCCCCCCCCCCC(=O)OC(CO)COC(=O)CCCCCCCCCCCCCC. The largest absolute Gasteiger partial charge is 0.462 e. The van der Waals surface area contributed by atoms with Crippen LogP contribution in [0.5, 0.6) is 0 Å². The fraction of sp³-hybridized carbons (Fsp3) is 0.962. The van der Waals surface area contributed by atoms with Gasteiger partial charge in [-0.25, -0.2) is 0 Å². The van der Waals surface area contributed by atoms with Crippen LogP contribution in [0.25, 0.3) is 0 Å². The third-order valence-corrected chi connectivity index (χ3v) is 12.2. The second-order valence-corrected chi connectivity index (χ2v) is 18.0. The Balaban J connectivity index is 3.35. The van der Waals surface area contributed by atoms with E-state index >= 15 is 0 Å². The molecule has 0 aliphatic heterocycles. The molecule has 0 heterocycles. The minimum absolute atomic E-state index is 0.0566. The van der Waals surface area contributed by atoms with E-state index in [2.05, 4.69) is 13.8 Å². The fourth-order valence-electron chi connectivity index (χ4n) is 8.21. The fourth-order valence-corrected chi connectivity index (χ4v) is 8.21. The number of aliphatic hydroxyl groups excluding tert-OH is 1. The van der Waals surface area contributed by atoms with Gasteiger partial charge in [0.1, 0.15) is 6.61 Å². The molecule has 1 atom stereocenters. The van der Waals surface area contributed by atoms with Gasteiger partial charge in [0.15, 0.2) is 6.10 Å². The van der Waals surface area contributed by atoms with E-state index < -0.39 is 6.10 Å². The van der Waals surface area contributed by atoms with Gasteiger partial charge in [-0.15, -0.1) is 0 Å². The maximum atomic E-state index is 12.2. The van der Waals surface area contributed by atoms with Gasteiger partial charge in [-0.1, -0.05) is 277 Å². The van der Waals surface area contributed by atoms with Crippen LogP contribution in [0.4, 0.5) is 0 Å². The highest BCUT2D eigenvalue weighted by Gasteiger charge is 2.16. The summed E-state index contributed by atoms with van der Waals surface area (Å²) in [6.07, 6.45) is 58.0. The number of carbonyl (C=O) groups excluding carboxylic acids is 2. The molecule has 0 saturated heterocycles. The molecule has 5 heteroatoms. The predicted molar refractivity (Wildman–Crippen MR) is 247 cm³/mol. The molecule has 0 aliphatic rings. The molecule has 1 unspecified atom stereocenters. The lowest BCUT2D eigenvalue weighted by molar-refractivity contribution is -0.161. The molecule has 57 heavy (non-hydrogen) atoms. The van der Waals surface area contributed by atoms with Crippen molar-refractivity contribution in [1.82, 2.24) is 0 Å².